The molecular weight excluding hydrogens is 180 g/mol. The lowest BCUT2D eigenvalue weighted by Gasteiger charge is -2.35. The van der Waals surface area contributed by atoms with Gasteiger partial charge in [0, 0.05) is 19.3 Å². The molecule has 0 amide bonds. The van der Waals surface area contributed by atoms with Crippen molar-refractivity contribution in [2.45, 2.75) is 25.0 Å². The molecule has 2 rings (SSSR count). The maximum Gasteiger partial charge on any atom is 0.273 e. The summed E-state index contributed by atoms with van der Waals surface area (Å²) in [5.74, 6) is 0. The molecule has 0 spiro atoms. The molecule has 2 N–H and O–H groups in total. The van der Waals surface area contributed by atoms with E-state index in [1.54, 1.807) is 30.0 Å². The zero-order valence-corrected chi connectivity index (χ0v) is 8.14. The molecule has 1 saturated carbocycles. The standard InChI is InChI=1S/C10H14N2O2/c1-14-8-5-7(6-8)12-4-2-3-9(11)10(12)13/h2-4,7-8H,5-6,11H2,1H3/t7-,8-. The van der Waals surface area contributed by atoms with Gasteiger partial charge in [0.1, 0.15) is 0 Å². The van der Waals surface area contributed by atoms with Crippen LogP contribution in [0, 0.1) is 0 Å². The van der Waals surface area contributed by atoms with Gasteiger partial charge >= 0.3 is 0 Å². The van der Waals surface area contributed by atoms with E-state index in [4.69, 9.17) is 10.5 Å². The van der Waals surface area contributed by atoms with Gasteiger partial charge in [0.05, 0.1) is 11.8 Å². The van der Waals surface area contributed by atoms with Gasteiger partial charge in [-0.3, -0.25) is 4.79 Å². The largest absolute Gasteiger partial charge is 0.394 e. The molecule has 0 bridgehead atoms. The van der Waals surface area contributed by atoms with Gasteiger partial charge in [0.15, 0.2) is 0 Å². The molecule has 4 heteroatoms. The fourth-order valence-electron chi connectivity index (χ4n) is 1.77. The van der Waals surface area contributed by atoms with Crippen LogP contribution in [0.15, 0.2) is 23.1 Å². The SMILES string of the molecule is CO[C@H]1C[C@H](n2cccc(N)c2=O)C1. The predicted octanol–water partition coefficient (Wildman–Crippen LogP) is 0.780. The van der Waals surface area contributed by atoms with Crippen LogP contribution < -0.4 is 11.3 Å². The molecule has 0 atom stereocenters. The van der Waals surface area contributed by atoms with Crippen LogP contribution in [0.1, 0.15) is 18.9 Å². The molecule has 4 nitrogen and oxygen atoms in total. The van der Waals surface area contributed by atoms with Crippen LogP contribution in [-0.2, 0) is 4.74 Å². The van der Waals surface area contributed by atoms with E-state index in [0.717, 1.165) is 12.8 Å². The Labute approximate surface area is 82.3 Å². The first kappa shape index (κ1) is 9.27. The molecule has 0 saturated heterocycles. The van der Waals surface area contributed by atoms with Gasteiger partial charge in [0.2, 0.25) is 0 Å². The molecule has 1 aliphatic rings. The Balaban J connectivity index is 2.19. The van der Waals surface area contributed by atoms with Crippen LogP contribution in [0.3, 0.4) is 0 Å². The number of rotatable bonds is 2. The molecular formula is C10H14N2O2. The molecule has 1 aromatic heterocycles. The Hall–Kier alpha value is -1.29. The maximum absolute atomic E-state index is 11.6. The molecule has 0 radical (unpaired) electrons. The first-order chi connectivity index (χ1) is 6.72. The van der Waals surface area contributed by atoms with Crippen molar-refractivity contribution in [2.75, 3.05) is 12.8 Å². The maximum atomic E-state index is 11.6. The highest BCUT2D eigenvalue weighted by Gasteiger charge is 2.30. The molecule has 0 unspecified atom stereocenters. The second kappa shape index (κ2) is 3.46. The Morgan fingerprint density at radius 3 is 2.93 bits per heavy atom. The van der Waals surface area contributed by atoms with E-state index in [1.165, 1.54) is 0 Å². The average molecular weight is 194 g/mol. The topological polar surface area (TPSA) is 57.2 Å². The number of methoxy groups -OCH3 is 1. The molecule has 0 aromatic carbocycles. The normalized spacial score (nSPS) is 25.8. The van der Waals surface area contributed by atoms with Crippen LogP contribution in [0.2, 0.25) is 0 Å². The predicted molar refractivity (Wildman–Crippen MR) is 54.2 cm³/mol. The number of ether oxygens (including phenoxy) is 1. The zero-order valence-electron chi connectivity index (χ0n) is 8.14. The highest BCUT2D eigenvalue weighted by atomic mass is 16.5. The average Bonchev–Trinajstić information content (AvgIpc) is 2.10. The van der Waals surface area contributed by atoms with Gasteiger partial charge < -0.3 is 15.0 Å². The van der Waals surface area contributed by atoms with Gasteiger partial charge in [-0.1, -0.05) is 0 Å². The third-order valence-electron chi connectivity index (χ3n) is 2.80. The molecule has 1 aliphatic carbocycles. The quantitative estimate of drug-likeness (QED) is 0.757. The molecule has 1 heterocycles. The van der Waals surface area contributed by atoms with Crippen LogP contribution in [-0.4, -0.2) is 17.8 Å². The van der Waals surface area contributed by atoms with Crippen molar-refractivity contribution in [3.8, 4) is 0 Å². The Kier molecular flexibility index (Phi) is 2.29. The number of nitrogens with two attached hydrogens (primary N) is 1. The fourth-order valence-corrected chi connectivity index (χ4v) is 1.77. The van der Waals surface area contributed by atoms with Gasteiger partial charge in [-0.05, 0) is 25.0 Å². The van der Waals surface area contributed by atoms with Crippen molar-refractivity contribution in [1.82, 2.24) is 4.57 Å². The van der Waals surface area contributed by atoms with Gasteiger partial charge in [-0.2, -0.15) is 0 Å². The summed E-state index contributed by atoms with van der Waals surface area (Å²) in [5, 5.41) is 0. The van der Waals surface area contributed by atoms with Crippen LogP contribution in [0.25, 0.3) is 0 Å². The third-order valence-corrected chi connectivity index (χ3v) is 2.80. The highest BCUT2D eigenvalue weighted by Crippen LogP contribution is 2.32. The minimum Gasteiger partial charge on any atom is -0.394 e. The van der Waals surface area contributed by atoms with Crippen molar-refractivity contribution in [3.05, 3.63) is 28.7 Å². The second-order valence-corrected chi connectivity index (χ2v) is 3.66. The summed E-state index contributed by atoms with van der Waals surface area (Å²) in [6.07, 6.45) is 3.89. The Morgan fingerprint density at radius 2 is 2.29 bits per heavy atom. The van der Waals surface area contributed by atoms with Crippen molar-refractivity contribution in [3.63, 3.8) is 0 Å². The first-order valence-electron chi connectivity index (χ1n) is 4.72. The van der Waals surface area contributed by atoms with Crippen molar-refractivity contribution in [1.29, 1.82) is 0 Å². The lowest BCUT2D eigenvalue weighted by atomic mass is 9.89. The summed E-state index contributed by atoms with van der Waals surface area (Å²) in [6, 6.07) is 3.69. The molecule has 0 aliphatic heterocycles. The zero-order chi connectivity index (χ0) is 10.1. The van der Waals surface area contributed by atoms with Crippen molar-refractivity contribution < 1.29 is 4.74 Å². The number of hydrogen-bond acceptors (Lipinski definition) is 3. The Bertz CT molecular complexity index is 380. The van der Waals surface area contributed by atoms with E-state index < -0.39 is 0 Å². The lowest BCUT2D eigenvalue weighted by molar-refractivity contribution is 0.00522. The van der Waals surface area contributed by atoms with Gasteiger partial charge in [0.25, 0.3) is 5.56 Å². The van der Waals surface area contributed by atoms with Crippen molar-refractivity contribution >= 4 is 5.69 Å². The second-order valence-electron chi connectivity index (χ2n) is 3.66. The summed E-state index contributed by atoms with van der Waals surface area (Å²) in [7, 11) is 1.70. The van der Waals surface area contributed by atoms with E-state index in [1.807, 2.05) is 0 Å². The fraction of sp³-hybridized carbons (Fsp3) is 0.500. The number of nitrogen functional groups attached to an aromatic ring is 1. The Morgan fingerprint density at radius 1 is 1.57 bits per heavy atom. The third kappa shape index (κ3) is 1.42. The summed E-state index contributed by atoms with van der Waals surface area (Å²) >= 11 is 0. The number of aromatic nitrogens is 1. The van der Waals surface area contributed by atoms with E-state index in [9.17, 15) is 4.79 Å². The minimum absolute atomic E-state index is 0.0907. The monoisotopic (exact) mass is 194 g/mol. The summed E-state index contributed by atoms with van der Waals surface area (Å²) in [6.45, 7) is 0. The number of anilines is 1. The molecule has 76 valence electrons. The van der Waals surface area contributed by atoms with E-state index in [2.05, 4.69) is 0 Å². The van der Waals surface area contributed by atoms with Gasteiger partial charge in [-0.15, -0.1) is 0 Å². The lowest BCUT2D eigenvalue weighted by Crippen LogP contribution is -2.37. The molecule has 1 fully saturated rings. The van der Waals surface area contributed by atoms with Crippen LogP contribution in [0.5, 0.6) is 0 Å². The smallest absolute Gasteiger partial charge is 0.273 e. The highest BCUT2D eigenvalue weighted by molar-refractivity contribution is 5.33. The molecule has 1 aromatic rings. The van der Waals surface area contributed by atoms with Gasteiger partial charge in [-0.25, -0.2) is 0 Å². The summed E-state index contributed by atoms with van der Waals surface area (Å²) in [4.78, 5) is 11.6. The summed E-state index contributed by atoms with van der Waals surface area (Å²) < 4.78 is 6.86. The van der Waals surface area contributed by atoms with Crippen LogP contribution in [0.4, 0.5) is 5.69 Å². The van der Waals surface area contributed by atoms with Crippen molar-refractivity contribution in [2.24, 2.45) is 0 Å². The minimum atomic E-state index is -0.0907. The summed E-state index contributed by atoms with van der Waals surface area (Å²) in [5.41, 5.74) is 5.76. The first-order valence-corrected chi connectivity index (χ1v) is 4.72. The number of pyridine rings is 1. The molecule has 14 heavy (non-hydrogen) atoms. The van der Waals surface area contributed by atoms with E-state index in [-0.39, 0.29) is 11.6 Å². The number of hydrogen-bond donors (Lipinski definition) is 1. The van der Waals surface area contributed by atoms with E-state index in [0.29, 0.717) is 11.8 Å². The van der Waals surface area contributed by atoms with Crippen LogP contribution >= 0.6 is 0 Å². The van der Waals surface area contributed by atoms with E-state index >= 15 is 0 Å². The number of nitrogens with zero attached hydrogens (tertiary/aromatic N) is 1.